The highest BCUT2D eigenvalue weighted by Crippen LogP contribution is 2.26. The summed E-state index contributed by atoms with van der Waals surface area (Å²) >= 11 is 12.0. The maximum Gasteiger partial charge on any atom is 0.138 e. The molecule has 0 amide bonds. The minimum atomic E-state index is -0.677. The fourth-order valence-corrected chi connectivity index (χ4v) is 2.21. The molecule has 1 heterocycles. The fourth-order valence-electron chi connectivity index (χ4n) is 1.75. The van der Waals surface area contributed by atoms with E-state index in [1.54, 1.807) is 30.6 Å². The van der Waals surface area contributed by atoms with Gasteiger partial charge < -0.3 is 5.11 Å². The Bertz CT molecular complexity index is 609. The molecular weight excluding hydrogens is 297 g/mol. The van der Waals surface area contributed by atoms with Crippen LogP contribution >= 0.6 is 23.2 Å². The maximum absolute atomic E-state index is 10.3. The molecule has 0 fully saturated rings. The Morgan fingerprint density at radius 3 is 2.65 bits per heavy atom. The summed E-state index contributed by atoms with van der Waals surface area (Å²) in [6.07, 6.45) is 4.08. The highest BCUT2D eigenvalue weighted by atomic mass is 35.5. The molecule has 2 rings (SSSR count). The van der Waals surface area contributed by atoms with E-state index in [0.717, 1.165) is 5.56 Å². The molecule has 0 aliphatic carbocycles. The van der Waals surface area contributed by atoms with Gasteiger partial charge in [-0.15, -0.1) is 0 Å². The number of nitrogens with zero attached hydrogens (tertiary/aromatic N) is 3. The predicted molar refractivity (Wildman–Crippen MR) is 81.5 cm³/mol. The zero-order valence-corrected chi connectivity index (χ0v) is 12.7. The Morgan fingerprint density at radius 1 is 1.35 bits per heavy atom. The third-order valence-electron chi connectivity index (χ3n) is 2.88. The second-order valence-electron chi connectivity index (χ2n) is 4.76. The summed E-state index contributed by atoms with van der Waals surface area (Å²) < 4.78 is 1.54. The van der Waals surface area contributed by atoms with Crippen LogP contribution < -0.4 is 0 Å². The molecule has 0 bridgehead atoms. The lowest BCUT2D eigenvalue weighted by atomic mass is 10.0. The van der Waals surface area contributed by atoms with Gasteiger partial charge in [-0.2, -0.15) is 5.10 Å². The third-order valence-corrected chi connectivity index (χ3v) is 3.45. The molecule has 0 aliphatic heterocycles. The van der Waals surface area contributed by atoms with E-state index in [1.807, 2.05) is 13.8 Å². The van der Waals surface area contributed by atoms with Crippen LogP contribution in [0.4, 0.5) is 0 Å². The van der Waals surface area contributed by atoms with Crippen molar-refractivity contribution in [2.75, 3.05) is 0 Å². The molecule has 20 heavy (non-hydrogen) atoms. The van der Waals surface area contributed by atoms with E-state index in [-0.39, 0.29) is 5.92 Å². The van der Waals surface area contributed by atoms with E-state index in [1.165, 1.54) is 11.0 Å². The molecule has 0 saturated heterocycles. The zero-order valence-electron chi connectivity index (χ0n) is 11.2. The molecule has 6 heteroatoms. The van der Waals surface area contributed by atoms with Crippen LogP contribution in [0, 0.1) is 5.92 Å². The lowest BCUT2D eigenvalue weighted by Crippen LogP contribution is -2.21. The summed E-state index contributed by atoms with van der Waals surface area (Å²) in [5.41, 5.74) is 1.38. The Morgan fingerprint density at radius 2 is 2.10 bits per heavy atom. The molecule has 4 nitrogen and oxygen atoms in total. The van der Waals surface area contributed by atoms with Crippen molar-refractivity contribution < 1.29 is 5.11 Å². The number of benzene rings is 1. The van der Waals surface area contributed by atoms with Crippen molar-refractivity contribution >= 4 is 35.0 Å². The number of halogens is 2. The summed E-state index contributed by atoms with van der Waals surface area (Å²) in [5.74, 6) is 0.0384. The molecule has 1 aromatic carbocycles. The summed E-state index contributed by atoms with van der Waals surface area (Å²) in [7, 11) is 0. The lowest BCUT2D eigenvalue weighted by Gasteiger charge is -2.18. The molecule has 106 valence electrons. The van der Waals surface area contributed by atoms with E-state index in [4.69, 9.17) is 23.2 Å². The number of hydrogen-bond donors (Lipinski definition) is 1. The van der Waals surface area contributed by atoms with Gasteiger partial charge in [-0.3, -0.25) is 0 Å². The molecule has 1 aromatic heterocycles. The second-order valence-corrected chi connectivity index (χ2v) is 5.61. The van der Waals surface area contributed by atoms with Gasteiger partial charge in [0.15, 0.2) is 0 Å². The lowest BCUT2D eigenvalue weighted by molar-refractivity contribution is 0.175. The number of hydrogen-bond acceptors (Lipinski definition) is 3. The fraction of sp³-hybridized carbons (Fsp3) is 0.286. The Kier molecular flexibility index (Phi) is 4.81. The van der Waals surface area contributed by atoms with Crippen LogP contribution in [-0.2, 0) is 0 Å². The highest BCUT2D eigenvalue weighted by molar-refractivity contribution is 6.35. The van der Waals surface area contributed by atoms with Crippen LogP contribution in [0.2, 0.25) is 10.0 Å². The van der Waals surface area contributed by atoms with Gasteiger partial charge in [0.2, 0.25) is 0 Å². The van der Waals surface area contributed by atoms with Crippen LogP contribution in [-0.4, -0.2) is 26.0 Å². The Hall–Kier alpha value is -1.36. The van der Waals surface area contributed by atoms with Crippen molar-refractivity contribution in [3.63, 3.8) is 0 Å². The standard InChI is InChI=1S/C14H15Cl2N3O/c1-9(2)14(20)13(19-8-17-7-18-19)5-10-3-4-11(15)6-12(10)16/h3-9,14,20H,1-2H3/b13-5-/t14-/m0/s1. The van der Waals surface area contributed by atoms with E-state index in [0.29, 0.717) is 15.7 Å². The molecule has 0 radical (unpaired) electrons. The van der Waals surface area contributed by atoms with Crippen LogP contribution in [0.1, 0.15) is 19.4 Å². The van der Waals surface area contributed by atoms with Gasteiger partial charge in [-0.1, -0.05) is 43.1 Å². The summed E-state index contributed by atoms with van der Waals surface area (Å²) in [6.45, 7) is 3.86. The number of aliphatic hydroxyl groups is 1. The average Bonchev–Trinajstić information content (AvgIpc) is 2.90. The van der Waals surface area contributed by atoms with Crippen LogP contribution in [0.3, 0.4) is 0 Å². The van der Waals surface area contributed by atoms with Gasteiger partial charge in [0.1, 0.15) is 12.7 Å². The monoisotopic (exact) mass is 311 g/mol. The van der Waals surface area contributed by atoms with Crippen molar-refractivity contribution in [1.29, 1.82) is 0 Å². The van der Waals surface area contributed by atoms with Crippen molar-refractivity contribution in [2.45, 2.75) is 20.0 Å². The van der Waals surface area contributed by atoms with Crippen molar-refractivity contribution in [2.24, 2.45) is 5.92 Å². The molecule has 1 N–H and O–H groups in total. The smallest absolute Gasteiger partial charge is 0.138 e. The number of aromatic nitrogens is 3. The van der Waals surface area contributed by atoms with Crippen LogP contribution in [0.5, 0.6) is 0 Å². The second kappa shape index (κ2) is 6.39. The molecular formula is C14H15Cl2N3O. The average molecular weight is 312 g/mol. The molecule has 1 atom stereocenters. The van der Waals surface area contributed by atoms with Gasteiger partial charge in [0.25, 0.3) is 0 Å². The molecule has 0 aliphatic rings. The van der Waals surface area contributed by atoms with Gasteiger partial charge in [-0.05, 0) is 29.7 Å². The third kappa shape index (κ3) is 3.39. The Labute approximate surface area is 127 Å². The van der Waals surface area contributed by atoms with E-state index >= 15 is 0 Å². The quantitative estimate of drug-likeness (QED) is 0.938. The van der Waals surface area contributed by atoms with E-state index < -0.39 is 6.10 Å². The summed E-state index contributed by atoms with van der Waals surface area (Å²) in [4.78, 5) is 3.91. The summed E-state index contributed by atoms with van der Waals surface area (Å²) in [6, 6.07) is 5.21. The highest BCUT2D eigenvalue weighted by Gasteiger charge is 2.18. The maximum atomic E-state index is 10.3. The normalized spacial score (nSPS) is 13.8. The first kappa shape index (κ1) is 15.0. The van der Waals surface area contributed by atoms with Gasteiger partial charge in [0, 0.05) is 10.0 Å². The van der Waals surface area contributed by atoms with Crippen molar-refractivity contribution in [1.82, 2.24) is 14.8 Å². The largest absolute Gasteiger partial charge is 0.387 e. The van der Waals surface area contributed by atoms with Crippen molar-refractivity contribution in [3.05, 3.63) is 46.5 Å². The van der Waals surface area contributed by atoms with Gasteiger partial charge in [0.05, 0.1) is 11.8 Å². The zero-order chi connectivity index (χ0) is 14.7. The summed E-state index contributed by atoms with van der Waals surface area (Å²) in [5, 5.41) is 15.5. The van der Waals surface area contributed by atoms with Crippen LogP contribution in [0.15, 0.2) is 30.9 Å². The van der Waals surface area contributed by atoms with E-state index in [2.05, 4.69) is 10.1 Å². The van der Waals surface area contributed by atoms with Gasteiger partial charge >= 0.3 is 0 Å². The van der Waals surface area contributed by atoms with Gasteiger partial charge in [-0.25, -0.2) is 9.67 Å². The van der Waals surface area contributed by atoms with Crippen LogP contribution in [0.25, 0.3) is 11.8 Å². The SMILES string of the molecule is CC(C)[C@H](O)/C(=C/c1ccc(Cl)cc1Cl)n1cncn1. The van der Waals surface area contributed by atoms with Crippen molar-refractivity contribution in [3.8, 4) is 0 Å². The van der Waals surface area contributed by atoms with E-state index in [9.17, 15) is 5.11 Å². The first-order chi connectivity index (χ1) is 9.49. The minimum Gasteiger partial charge on any atom is -0.387 e. The predicted octanol–water partition coefficient (Wildman–Crippen LogP) is 3.60. The number of rotatable bonds is 4. The first-order valence-electron chi connectivity index (χ1n) is 6.18. The topological polar surface area (TPSA) is 50.9 Å². The molecule has 0 spiro atoms. The minimum absolute atomic E-state index is 0.0384. The number of aliphatic hydroxyl groups excluding tert-OH is 1. The molecule has 2 aromatic rings. The molecule has 0 unspecified atom stereocenters. The first-order valence-corrected chi connectivity index (χ1v) is 6.94. The molecule has 0 saturated carbocycles. The Balaban J connectivity index is 2.48.